The molecule has 0 aliphatic rings. The molecule has 96 valence electrons. The Morgan fingerprint density at radius 1 is 1.41 bits per heavy atom. The molecule has 1 aromatic rings. The Morgan fingerprint density at radius 2 is 2.00 bits per heavy atom. The van der Waals surface area contributed by atoms with E-state index >= 15 is 0 Å². The quantitative estimate of drug-likeness (QED) is 0.630. The summed E-state index contributed by atoms with van der Waals surface area (Å²) in [6.45, 7) is 0.417. The molecule has 2 N–H and O–H groups in total. The van der Waals surface area contributed by atoms with Gasteiger partial charge in [0.1, 0.15) is 0 Å². The topological polar surface area (TPSA) is 57.2 Å². The van der Waals surface area contributed by atoms with Gasteiger partial charge in [0.15, 0.2) is 0 Å². The molecular formula is C11H17BrGeN2OS-2. The summed E-state index contributed by atoms with van der Waals surface area (Å²) < 4.78 is 1.53. The standard InChI is InChI=1S/C7H8Ge.C4H10N2OS.BrH/c1-8-7-5-3-2-4-6-7;5-3-4(7)6-1-2-8;/h2-6H,1H3;1-3,5H2,(H2,6,7,8);1H/p-2. The molecule has 0 aromatic heterocycles. The first-order valence-electron chi connectivity index (χ1n) is 4.96. The Balaban J connectivity index is 0. The molecule has 0 heterocycles. The first-order valence-corrected chi connectivity index (χ1v) is 8.68. The molecule has 0 aliphatic carbocycles. The fourth-order valence-electron chi connectivity index (χ4n) is 0.840. The average molecular weight is 378 g/mol. The van der Waals surface area contributed by atoms with Crippen LogP contribution in [-0.2, 0) is 17.4 Å². The van der Waals surface area contributed by atoms with Crippen molar-refractivity contribution in [2.75, 3.05) is 18.8 Å². The Hall–Kier alpha value is 0.0229. The van der Waals surface area contributed by atoms with E-state index in [0.29, 0.717) is 12.3 Å². The minimum atomic E-state index is -0.269. The normalized spacial score (nSPS) is 8.41. The molecule has 0 saturated carbocycles. The maximum atomic E-state index is 10.2. The molecule has 0 spiro atoms. The number of carbonyl (C=O) groups excluding carboxylic acids is 1. The molecule has 1 rings (SSSR count). The van der Waals surface area contributed by atoms with Crippen LogP contribution in [0.15, 0.2) is 30.3 Å². The summed E-state index contributed by atoms with van der Waals surface area (Å²) >= 11 is 4.73. The number of carbonyl (C=O) groups is 1. The van der Waals surface area contributed by atoms with Crippen LogP contribution in [0.25, 0.3) is 5.32 Å². The molecule has 0 unspecified atom stereocenters. The molecule has 3 nitrogen and oxygen atoms in total. The van der Waals surface area contributed by atoms with Crippen LogP contribution in [0.3, 0.4) is 0 Å². The number of amides is 1. The van der Waals surface area contributed by atoms with Gasteiger partial charge in [0.25, 0.3) is 0 Å². The first-order chi connectivity index (χ1) is 7.74. The van der Waals surface area contributed by atoms with Gasteiger partial charge in [-0.25, -0.2) is 0 Å². The number of hydrogen-bond acceptors (Lipinski definition) is 3. The molecule has 1 aromatic carbocycles. The predicted molar refractivity (Wildman–Crippen MR) is 82.5 cm³/mol. The number of benzene rings is 1. The van der Waals surface area contributed by atoms with Gasteiger partial charge in [-0.2, -0.15) is 12.3 Å². The van der Waals surface area contributed by atoms with Crippen LogP contribution in [0, 0.1) is 0 Å². The van der Waals surface area contributed by atoms with Gasteiger partial charge in [-0.1, -0.05) is 0 Å². The Morgan fingerprint density at radius 3 is 2.35 bits per heavy atom. The Labute approximate surface area is 126 Å². The number of nitrogens with zero attached hydrogens (tertiary/aromatic N) is 1. The van der Waals surface area contributed by atoms with Gasteiger partial charge in [0.05, 0.1) is 5.91 Å². The molecule has 1 amide bonds. The van der Waals surface area contributed by atoms with Crippen molar-refractivity contribution in [3.63, 3.8) is 0 Å². The number of hydrogen-bond donors (Lipinski definition) is 1. The third-order valence-electron chi connectivity index (χ3n) is 1.62. The van der Waals surface area contributed by atoms with Crippen LogP contribution in [0.5, 0.6) is 0 Å². The third kappa shape index (κ3) is 12.3. The van der Waals surface area contributed by atoms with E-state index in [9.17, 15) is 4.79 Å². The van der Waals surface area contributed by atoms with Gasteiger partial charge < -0.3 is 28.5 Å². The maximum absolute atomic E-state index is 10.2. The van der Waals surface area contributed by atoms with E-state index in [2.05, 4.69) is 54.0 Å². The van der Waals surface area contributed by atoms with E-state index in [-0.39, 0.29) is 44.9 Å². The van der Waals surface area contributed by atoms with Crippen LogP contribution >= 0.6 is 17.0 Å². The van der Waals surface area contributed by atoms with Crippen molar-refractivity contribution in [2.24, 2.45) is 5.73 Å². The van der Waals surface area contributed by atoms with Gasteiger partial charge >= 0.3 is 55.9 Å². The summed E-state index contributed by atoms with van der Waals surface area (Å²) in [4.78, 5) is 10.2. The predicted octanol–water partition coefficient (Wildman–Crippen LogP) is 1.03. The zero-order chi connectivity index (χ0) is 12.2. The van der Waals surface area contributed by atoms with Gasteiger partial charge in [-0.3, -0.25) is 0 Å². The number of halogens is 1. The fraction of sp³-hybridized carbons (Fsp3) is 0.364. The zero-order valence-electron chi connectivity index (χ0n) is 9.76. The van der Waals surface area contributed by atoms with Crippen LogP contribution in [0.1, 0.15) is 0 Å². The summed E-state index contributed by atoms with van der Waals surface area (Å²) in [5.41, 5.74) is 4.94. The van der Waals surface area contributed by atoms with Crippen molar-refractivity contribution in [3.05, 3.63) is 35.6 Å². The van der Waals surface area contributed by atoms with Crippen LogP contribution in [-0.4, -0.2) is 40.2 Å². The Bertz CT molecular complexity index is 288. The van der Waals surface area contributed by atoms with Crippen molar-refractivity contribution in [2.45, 2.75) is 5.76 Å². The molecule has 0 fully saturated rings. The summed E-state index contributed by atoms with van der Waals surface area (Å²) in [6.07, 6.45) is 0. The third-order valence-corrected chi connectivity index (χ3v) is 3.71. The van der Waals surface area contributed by atoms with Crippen LogP contribution in [0.2, 0.25) is 5.76 Å². The van der Waals surface area contributed by atoms with E-state index < -0.39 is 0 Å². The molecule has 17 heavy (non-hydrogen) atoms. The second-order valence-corrected chi connectivity index (χ2v) is 5.47. The Kier molecular flexibility index (Phi) is 16.0. The monoisotopic (exact) mass is 378 g/mol. The van der Waals surface area contributed by atoms with Crippen molar-refractivity contribution in [1.82, 2.24) is 0 Å². The van der Waals surface area contributed by atoms with Crippen LogP contribution < -0.4 is 10.1 Å². The minimum absolute atomic E-state index is 0. The second kappa shape index (κ2) is 14.1. The average Bonchev–Trinajstić information content (AvgIpc) is 2.37. The second-order valence-electron chi connectivity index (χ2n) is 2.80. The van der Waals surface area contributed by atoms with Crippen molar-refractivity contribution in [3.8, 4) is 0 Å². The fourth-order valence-corrected chi connectivity index (χ4v) is 2.03. The summed E-state index contributed by atoms with van der Waals surface area (Å²) in [5, 5.41) is 3.49. The molecule has 0 bridgehead atoms. The van der Waals surface area contributed by atoms with Gasteiger partial charge in [-0.15, -0.1) is 17.0 Å². The molecule has 0 atom stereocenters. The number of rotatable bonds is 4. The van der Waals surface area contributed by atoms with Crippen LogP contribution in [0.4, 0.5) is 0 Å². The van der Waals surface area contributed by atoms with Crippen molar-refractivity contribution in [1.29, 1.82) is 0 Å². The van der Waals surface area contributed by atoms with E-state index in [0.717, 1.165) is 0 Å². The van der Waals surface area contributed by atoms with Gasteiger partial charge in [0, 0.05) is 6.54 Å². The van der Waals surface area contributed by atoms with Gasteiger partial charge in [0.2, 0.25) is 0 Å². The van der Waals surface area contributed by atoms with E-state index in [1.807, 2.05) is 0 Å². The summed E-state index contributed by atoms with van der Waals surface area (Å²) in [7, 11) is 0. The molecule has 0 aliphatic heterocycles. The van der Waals surface area contributed by atoms with Crippen molar-refractivity contribution < 1.29 is 4.79 Å². The molecule has 2 radical (unpaired) electrons. The van der Waals surface area contributed by atoms with E-state index in [1.165, 1.54) is 4.40 Å². The van der Waals surface area contributed by atoms with Crippen molar-refractivity contribution >= 4 is 55.3 Å². The first kappa shape index (κ1) is 19.4. The molecule has 6 heteroatoms. The number of nitrogens with two attached hydrogens (primary N) is 1. The summed E-state index contributed by atoms with van der Waals surface area (Å²) in [6, 6.07) is 10.6. The zero-order valence-corrected chi connectivity index (χ0v) is 14.4. The molecule has 0 saturated heterocycles. The van der Waals surface area contributed by atoms with E-state index in [1.54, 1.807) is 0 Å². The molecular weight excluding hydrogens is 361 g/mol. The SMILES string of the molecule is Br.NCC(=O)[N-]CC[S-].[CH3][Ge][c]1ccccc1. The summed E-state index contributed by atoms with van der Waals surface area (Å²) in [5.74, 6) is 2.51. The van der Waals surface area contributed by atoms with Gasteiger partial charge in [-0.05, 0) is 0 Å². The van der Waals surface area contributed by atoms with E-state index in [4.69, 9.17) is 5.73 Å².